The monoisotopic (exact) mass is 298 g/mol. The number of nitrogens with one attached hydrogen (secondary N) is 1. The van der Waals surface area contributed by atoms with Crippen molar-refractivity contribution in [1.82, 2.24) is 10.2 Å². The van der Waals surface area contributed by atoms with Crippen LogP contribution in [0.5, 0.6) is 0 Å². The van der Waals surface area contributed by atoms with Crippen LogP contribution in [0.3, 0.4) is 0 Å². The van der Waals surface area contributed by atoms with Crippen molar-refractivity contribution < 1.29 is 19.4 Å². The van der Waals surface area contributed by atoms with Crippen molar-refractivity contribution in [3.63, 3.8) is 0 Å². The van der Waals surface area contributed by atoms with Crippen LogP contribution in [0.25, 0.3) is 0 Å². The van der Waals surface area contributed by atoms with Crippen LogP contribution >= 0.6 is 0 Å². The average molecular weight is 298 g/mol. The second kappa shape index (κ2) is 7.75. The molecule has 1 aliphatic heterocycles. The van der Waals surface area contributed by atoms with Gasteiger partial charge in [-0.05, 0) is 32.1 Å². The molecule has 6 heteroatoms. The van der Waals surface area contributed by atoms with Gasteiger partial charge in [-0.2, -0.15) is 0 Å². The Morgan fingerprint density at radius 1 is 1.33 bits per heavy atom. The van der Waals surface area contributed by atoms with Gasteiger partial charge in [-0.3, -0.25) is 9.59 Å². The van der Waals surface area contributed by atoms with E-state index >= 15 is 0 Å². The molecule has 0 spiro atoms. The minimum Gasteiger partial charge on any atom is -0.396 e. The number of likely N-dealkylation sites (tertiary alicyclic amines) is 1. The molecule has 0 aromatic rings. The second-order valence-corrected chi connectivity index (χ2v) is 6.07. The minimum atomic E-state index is -0.165. The van der Waals surface area contributed by atoms with Crippen molar-refractivity contribution in [3.05, 3.63) is 0 Å². The molecule has 1 aliphatic carbocycles. The summed E-state index contributed by atoms with van der Waals surface area (Å²) in [5, 5.41) is 11.9. The molecule has 2 aliphatic rings. The summed E-state index contributed by atoms with van der Waals surface area (Å²) in [6.45, 7) is 1.71. The molecule has 1 saturated carbocycles. The van der Waals surface area contributed by atoms with E-state index in [9.17, 15) is 9.59 Å². The summed E-state index contributed by atoms with van der Waals surface area (Å²) < 4.78 is 5.05. The number of nitrogens with zero attached hydrogens (tertiary/aromatic N) is 1. The first kappa shape index (κ1) is 16.2. The van der Waals surface area contributed by atoms with E-state index < -0.39 is 0 Å². The Balaban J connectivity index is 1.84. The van der Waals surface area contributed by atoms with E-state index in [2.05, 4.69) is 5.32 Å². The number of piperidine rings is 1. The zero-order valence-corrected chi connectivity index (χ0v) is 12.7. The average Bonchev–Trinajstić information content (AvgIpc) is 3.32. The maximum absolute atomic E-state index is 12.3. The molecule has 0 bridgehead atoms. The molecule has 2 rings (SSSR count). The van der Waals surface area contributed by atoms with E-state index in [1.165, 1.54) is 0 Å². The van der Waals surface area contributed by atoms with Crippen LogP contribution in [-0.2, 0) is 14.3 Å². The summed E-state index contributed by atoms with van der Waals surface area (Å²) >= 11 is 0. The smallest absolute Gasteiger partial charge is 0.225 e. The van der Waals surface area contributed by atoms with Crippen LogP contribution in [0.1, 0.15) is 32.1 Å². The molecule has 2 fully saturated rings. The van der Waals surface area contributed by atoms with Gasteiger partial charge in [-0.25, -0.2) is 0 Å². The number of aliphatic hydroxyl groups is 1. The normalized spacial score (nSPS) is 23.7. The Morgan fingerprint density at radius 2 is 2.10 bits per heavy atom. The molecule has 21 heavy (non-hydrogen) atoms. The highest BCUT2D eigenvalue weighted by Gasteiger charge is 2.36. The summed E-state index contributed by atoms with van der Waals surface area (Å²) in [6, 6.07) is -0.165. The number of hydrogen-bond donors (Lipinski definition) is 2. The molecule has 6 nitrogen and oxygen atoms in total. The van der Waals surface area contributed by atoms with Gasteiger partial charge in [0.2, 0.25) is 11.8 Å². The van der Waals surface area contributed by atoms with Crippen molar-refractivity contribution in [1.29, 1.82) is 0 Å². The summed E-state index contributed by atoms with van der Waals surface area (Å²) in [4.78, 5) is 26.3. The molecule has 2 atom stereocenters. The Labute approximate surface area is 125 Å². The Hall–Kier alpha value is -1.14. The zero-order chi connectivity index (χ0) is 15.2. The number of ether oxygens (including phenoxy) is 1. The summed E-state index contributed by atoms with van der Waals surface area (Å²) in [5.41, 5.74) is 0. The molecule has 0 radical (unpaired) electrons. The lowest BCUT2D eigenvalue weighted by atomic mass is 9.96. The third-order valence-corrected chi connectivity index (χ3v) is 4.22. The van der Waals surface area contributed by atoms with Crippen LogP contribution < -0.4 is 5.32 Å². The van der Waals surface area contributed by atoms with Crippen LogP contribution in [0.4, 0.5) is 0 Å². The molecule has 2 amide bonds. The summed E-state index contributed by atoms with van der Waals surface area (Å²) in [7, 11) is 1.58. The van der Waals surface area contributed by atoms with E-state index in [1.54, 1.807) is 7.11 Å². The summed E-state index contributed by atoms with van der Waals surface area (Å²) in [6.07, 6.45) is 4.18. The zero-order valence-electron chi connectivity index (χ0n) is 12.7. The van der Waals surface area contributed by atoms with Gasteiger partial charge < -0.3 is 20.1 Å². The van der Waals surface area contributed by atoms with E-state index in [-0.39, 0.29) is 36.3 Å². The lowest BCUT2D eigenvalue weighted by Gasteiger charge is -2.33. The fourth-order valence-corrected chi connectivity index (χ4v) is 2.85. The molecule has 1 saturated heterocycles. The van der Waals surface area contributed by atoms with Gasteiger partial charge in [0.1, 0.15) is 0 Å². The number of hydrogen-bond acceptors (Lipinski definition) is 4. The molecule has 2 N–H and O–H groups in total. The van der Waals surface area contributed by atoms with Crippen LogP contribution in [0.2, 0.25) is 0 Å². The van der Waals surface area contributed by atoms with Gasteiger partial charge in [0.05, 0.1) is 18.6 Å². The second-order valence-electron chi connectivity index (χ2n) is 6.07. The molecule has 120 valence electrons. The molecular formula is C15H26N2O4. The number of methoxy groups -OCH3 is 1. The highest BCUT2D eigenvalue weighted by Crippen LogP contribution is 2.32. The molecular weight excluding hydrogens is 272 g/mol. The first-order valence-electron chi connectivity index (χ1n) is 7.84. The van der Waals surface area contributed by atoms with Gasteiger partial charge >= 0.3 is 0 Å². The first-order valence-corrected chi connectivity index (χ1v) is 7.84. The minimum absolute atomic E-state index is 0.0191. The summed E-state index contributed by atoms with van der Waals surface area (Å²) in [5.74, 6) is 0.261. The number of carbonyl (C=O) groups is 2. The predicted octanol–water partition coefficient (Wildman–Crippen LogP) is 0.149. The lowest BCUT2D eigenvalue weighted by Crippen LogP contribution is -2.49. The van der Waals surface area contributed by atoms with Crippen molar-refractivity contribution in [2.75, 3.05) is 33.4 Å². The maximum Gasteiger partial charge on any atom is 0.225 e. The highest BCUT2D eigenvalue weighted by molar-refractivity contribution is 5.83. The van der Waals surface area contributed by atoms with Crippen LogP contribution in [-0.4, -0.2) is 61.3 Å². The first-order chi connectivity index (χ1) is 10.2. The van der Waals surface area contributed by atoms with Crippen LogP contribution in [0, 0.1) is 11.8 Å². The van der Waals surface area contributed by atoms with E-state index in [0.29, 0.717) is 19.6 Å². The topological polar surface area (TPSA) is 78.9 Å². The quantitative estimate of drug-likeness (QED) is 0.701. The number of rotatable bonds is 7. The van der Waals surface area contributed by atoms with Crippen LogP contribution in [0.15, 0.2) is 0 Å². The lowest BCUT2D eigenvalue weighted by molar-refractivity contribution is -0.137. The molecule has 1 heterocycles. The molecule has 2 unspecified atom stereocenters. The van der Waals surface area contributed by atoms with Crippen molar-refractivity contribution >= 4 is 11.8 Å². The molecule has 0 aromatic carbocycles. The van der Waals surface area contributed by atoms with Crippen molar-refractivity contribution in [2.24, 2.45) is 11.8 Å². The Morgan fingerprint density at radius 3 is 2.71 bits per heavy atom. The van der Waals surface area contributed by atoms with Gasteiger partial charge in [-0.15, -0.1) is 0 Å². The van der Waals surface area contributed by atoms with E-state index in [4.69, 9.17) is 9.84 Å². The SMILES string of the molecule is COCC(CCO)NC(=O)C1CCCN(C(=O)C2CC2)C1. The van der Waals surface area contributed by atoms with Gasteiger partial charge in [0.15, 0.2) is 0 Å². The standard InChI is InChI=1S/C15H26N2O4/c1-21-10-13(6-8-18)16-14(19)12-3-2-7-17(9-12)15(20)11-4-5-11/h11-13,18H,2-10H2,1H3,(H,16,19). The van der Waals surface area contributed by atoms with Gasteiger partial charge in [0.25, 0.3) is 0 Å². The number of amides is 2. The number of aliphatic hydroxyl groups excluding tert-OH is 1. The third kappa shape index (κ3) is 4.68. The highest BCUT2D eigenvalue weighted by atomic mass is 16.5. The fourth-order valence-electron chi connectivity index (χ4n) is 2.85. The van der Waals surface area contributed by atoms with E-state index in [1.807, 2.05) is 4.90 Å². The maximum atomic E-state index is 12.3. The fraction of sp³-hybridized carbons (Fsp3) is 0.867. The Kier molecular flexibility index (Phi) is 5.99. The molecule has 0 aromatic heterocycles. The Bertz CT molecular complexity index is 365. The van der Waals surface area contributed by atoms with Gasteiger partial charge in [0, 0.05) is 32.7 Å². The van der Waals surface area contributed by atoms with E-state index in [0.717, 1.165) is 32.2 Å². The van der Waals surface area contributed by atoms with Crippen molar-refractivity contribution in [3.8, 4) is 0 Å². The third-order valence-electron chi connectivity index (χ3n) is 4.22. The predicted molar refractivity (Wildman–Crippen MR) is 77.5 cm³/mol. The van der Waals surface area contributed by atoms with Gasteiger partial charge in [-0.1, -0.05) is 0 Å². The van der Waals surface area contributed by atoms with Crippen molar-refractivity contribution in [2.45, 2.75) is 38.1 Å². The largest absolute Gasteiger partial charge is 0.396 e. The number of carbonyl (C=O) groups excluding carboxylic acids is 2.